The van der Waals surface area contributed by atoms with Crippen molar-refractivity contribution in [2.75, 3.05) is 18.5 Å². The van der Waals surface area contributed by atoms with Crippen molar-refractivity contribution >= 4 is 11.4 Å². The molecule has 5 nitrogen and oxygen atoms in total. The molecule has 4 fully saturated rings. The Kier molecular flexibility index (Phi) is 6.98. The lowest BCUT2D eigenvalue weighted by atomic mass is 9.54. The number of nitro groups is 1. The molecule has 0 heterocycles. The highest BCUT2D eigenvalue weighted by Gasteiger charge is 2.51. The van der Waals surface area contributed by atoms with Gasteiger partial charge in [-0.1, -0.05) is 19.3 Å². The van der Waals surface area contributed by atoms with Crippen LogP contribution in [-0.4, -0.2) is 23.7 Å². The first kappa shape index (κ1) is 23.3. The third-order valence-electron chi connectivity index (χ3n) is 7.54. The standard InChI is InChI=1S/C24H33F3N2O3/c25-24(26,27)21-13-20(6-7-22(21)29(30)31)28-8-4-2-1-3-5-9-32-23-14-17-10-18(15-23)12-19(11-17)16-23/h6-7,13,17-19,28H,1-5,8-12,14-16H2. The van der Waals surface area contributed by atoms with E-state index in [2.05, 4.69) is 5.32 Å². The Morgan fingerprint density at radius 3 is 2.19 bits per heavy atom. The van der Waals surface area contributed by atoms with E-state index in [-0.39, 0.29) is 11.3 Å². The molecular formula is C24H33F3N2O3. The first-order valence-corrected chi connectivity index (χ1v) is 12.0. The van der Waals surface area contributed by atoms with Gasteiger partial charge in [0.1, 0.15) is 5.56 Å². The third kappa shape index (κ3) is 5.56. The van der Waals surface area contributed by atoms with Crippen LogP contribution in [0.5, 0.6) is 0 Å². The molecule has 0 saturated heterocycles. The summed E-state index contributed by atoms with van der Waals surface area (Å²) < 4.78 is 45.6. The molecule has 4 aliphatic carbocycles. The molecule has 0 unspecified atom stereocenters. The lowest BCUT2D eigenvalue weighted by Crippen LogP contribution is -2.52. The maximum atomic E-state index is 13.0. The highest BCUT2D eigenvalue weighted by Crippen LogP contribution is 2.57. The van der Waals surface area contributed by atoms with Crippen LogP contribution in [0.25, 0.3) is 0 Å². The van der Waals surface area contributed by atoms with Gasteiger partial charge in [-0.3, -0.25) is 10.1 Å². The van der Waals surface area contributed by atoms with E-state index < -0.39 is 22.4 Å². The minimum Gasteiger partial charge on any atom is -0.385 e. The third-order valence-corrected chi connectivity index (χ3v) is 7.54. The second kappa shape index (κ2) is 9.57. The number of benzene rings is 1. The number of ether oxygens (including phenoxy) is 1. The number of rotatable bonds is 11. The highest BCUT2D eigenvalue weighted by molar-refractivity contribution is 5.55. The van der Waals surface area contributed by atoms with Gasteiger partial charge < -0.3 is 10.1 Å². The topological polar surface area (TPSA) is 64.4 Å². The molecule has 0 spiro atoms. The molecule has 4 saturated carbocycles. The van der Waals surface area contributed by atoms with E-state index in [1.54, 1.807) is 0 Å². The molecule has 32 heavy (non-hydrogen) atoms. The number of nitro benzene ring substituents is 1. The molecule has 0 amide bonds. The molecular weight excluding hydrogens is 421 g/mol. The van der Waals surface area contributed by atoms with Crippen LogP contribution < -0.4 is 5.32 Å². The highest BCUT2D eigenvalue weighted by atomic mass is 19.4. The van der Waals surface area contributed by atoms with Gasteiger partial charge in [-0.25, -0.2) is 0 Å². The van der Waals surface area contributed by atoms with E-state index >= 15 is 0 Å². The number of unbranched alkanes of at least 4 members (excludes halogenated alkanes) is 4. The monoisotopic (exact) mass is 454 g/mol. The van der Waals surface area contributed by atoms with Gasteiger partial charge in [-0.2, -0.15) is 13.2 Å². The van der Waals surface area contributed by atoms with Gasteiger partial charge in [0.2, 0.25) is 0 Å². The lowest BCUT2D eigenvalue weighted by Gasteiger charge is -2.56. The van der Waals surface area contributed by atoms with Crippen LogP contribution in [0.2, 0.25) is 0 Å². The van der Waals surface area contributed by atoms with Crippen LogP contribution in [-0.2, 0) is 10.9 Å². The van der Waals surface area contributed by atoms with Gasteiger partial charge in [0, 0.05) is 24.9 Å². The van der Waals surface area contributed by atoms with E-state index in [1.807, 2.05) is 0 Å². The largest absolute Gasteiger partial charge is 0.423 e. The van der Waals surface area contributed by atoms with Crippen molar-refractivity contribution in [3.05, 3.63) is 33.9 Å². The summed E-state index contributed by atoms with van der Waals surface area (Å²) in [6.45, 7) is 1.38. The number of alkyl halides is 3. The quantitative estimate of drug-likeness (QED) is 0.223. The molecule has 1 N–H and O–H groups in total. The maximum absolute atomic E-state index is 13.0. The first-order valence-electron chi connectivity index (χ1n) is 12.0. The van der Waals surface area contributed by atoms with Crippen molar-refractivity contribution in [2.24, 2.45) is 17.8 Å². The summed E-state index contributed by atoms with van der Waals surface area (Å²) in [5, 5.41) is 13.8. The van der Waals surface area contributed by atoms with Crippen molar-refractivity contribution < 1.29 is 22.8 Å². The van der Waals surface area contributed by atoms with Crippen LogP contribution >= 0.6 is 0 Å². The molecule has 1 aromatic rings. The predicted molar refractivity (Wildman–Crippen MR) is 117 cm³/mol. The van der Waals surface area contributed by atoms with Crippen molar-refractivity contribution in [3.63, 3.8) is 0 Å². The molecule has 8 heteroatoms. The number of nitrogens with one attached hydrogen (secondary N) is 1. The molecule has 178 valence electrons. The average molecular weight is 455 g/mol. The summed E-state index contributed by atoms with van der Waals surface area (Å²) in [7, 11) is 0. The zero-order valence-corrected chi connectivity index (χ0v) is 18.5. The zero-order chi connectivity index (χ0) is 22.8. The Hall–Kier alpha value is -1.83. The predicted octanol–water partition coefficient (Wildman–Crippen LogP) is 6.96. The number of halogens is 3. The van der Waals surface area contributed by atoms with Gasteiger partial charge in [0.15, 0.2) is 0 Å². The molecule has 1 aromatic carbocycles. The van der Waals surface area contributed by atoms with E-state index in [1.165, 1.54) is 44.6 Å². The number of anilines is 1. The van der Waals surface area contributed by atoms with Crippen LogP contribution in [0.3, 0.4) is 0 Å². The lowest BCUT2D eigenvalue weighted by molar-refractivity contribution is -0.388. The van der Waals surface area contributed by atoms with Crippen LogP contribution in [0.4, 0.5) is 24.5 Å². The minimum atomic E-state index is -4.75. The van der Waals surface area contributed by atoms with Crippen LogP contribution in [0, 0.1) is 27.9 Å². The second-order valence-corrected chi connectivity index (χ2v) is 10.1. The molecule has 5 rings (SSSR count). The first-order chi connectivity index (χ1) is 15.2. The summed E-state index contributed by atoms with van der Waals surface area (Å²) >= 11 is 0. The van der Waals surface area contributed by atoms with Crippen LogP contribution in [0.15, 0.2) is 18.2 Å². The fourth-order valence-corrected chi connectivity index (χ4v) is 6.52. The zero-order valence-electron chi connectivity index (χ0n) is 18.5. The fraction of sp³-hybridized carbons (Fsp3) is 0.750. The minimum absolute atomic E-state index is 0.179. The Morgan fingerprint density at radius 1 is 1.00 bits per heavy atom. The van der Waals surface area contributed by atoms with Gasteiger partial charge in [-0.05, 0) is 81.3 Å². The summed E-state index contributed by atoms with van der Waals surface area (Å²) in [6, 6.07) is 3.06. The maximum Gasteiger partial charge on any atom is 0.423 e. The van der Waals surface area contributed by atoms with Crippen molar-refractivity contribution in [1.82, 2.24) is 0 Å². The summed E-state index contributed by atoms with van der Waals surface area (Å²) in [5.41, 5.74) is -1.70. The van der Waals surface area contributed by atoms with E-state index in [9.17, 15) is 23.3 Å². The van der Waals surface area contributed by atoms with Gasteiger partial charge in [0.05, 0.1) is 10.5 Å². The Labute approximate surface area is 187 Å². The summed E-state index contributed by atoms with van der Waals surface area (Å²) in [4.78, 5) is 9.82. The Morgan fingerprint density at radius 2 is 1.59 bits per heavy atom. The summed E-state index contributed by atoms with van der Waals surface area (Å²) in [6.07, 6.45) is 8.39. The average Bonchev–Trinajstić information content (AvgIpc) is 2.70. The SMILES string of the molecule is O=[N+]([O-])c1ccc(NCCCCCCCOC23CC4CC(CC(C4)C2)C3)cc1C(F)(F)F. The number of nitrogens with zero attached hydrogens (tertiary/aromatic N) is 1. The van der Waals surface area contributed by atoms with Gasteiger partial charge >= 0.3 is 6.18 Å². The second-order valence-electron chi connectivity index (χ2n) is 10.1. The summed E-state index contributed by atoms with van der Waals surface area (Å²) in [5.74, 6) is 2.70. The van der Waals surface area contributed by atoms with E-state index in [0.717, 1.165) is 68.6 Å². The number of hydrogen-bond acceptors (Lipinski definition) is 4. The molecule has 0 atom stereocenters. The van der Waals surface area contributed by atoms with Crippen molar-refractivity contribution in [3.8, 4) is 0 Å². The van der Waals surface area contributed by atoms with Gasteiger partial charge in [0.25, 0.3) is 5.69 Å². The Balaban J connectivity index is 1.10. The van der Waals surface area contributed by atoms with Crippen molar-refractivity contribution in [1.29, 1.82) is 0 Å². The molecule has 0 radical (unpaired) electrons. The molecule has 0 aromatic heterocycles. The van der Waals surface area contributed by atoms with Crippen LogP contribution in [0.1, 0.15) is 76.2 Å². The van der Waals surface area contributed by atoms with Crippen molar-refractivity contribution in [2.45, 2.75) is 82.4 Å². The Bertz CT molecular complexity index is 777. The smallest absolute Gasteiger partial charge is 0.385 e. The van der Waals surface area contributed by atoms with E-state index in [4.69, 9.17) is 4.74 Å². The fourth-order valence-electron chi connectivity index (χ4n) is 6.52. The molecule has 0 aliphatic heterocycles. The number of hydrogen-bond donors (Lipinski definition) is 1. The molecule has 4 bridgehead atoms. The van der Waals surface area contributed by atoms with Gasteiger partial charge in [-0.15, -0.1) is 0 Å². The van der Waals surface area contributed by atoms with E-state index in [0.29, 0.717) is 6.54 Å². The normalized spacial score (nSPS) is 28.8. The molecule has 4 aliphatic rings.